The lowest BCUT2D eigenvalue weighted by Crippen LogP contribution is -2.48. The quantitative estimate of drug-likeness (QED) is 0.584. The van der Waals surface area contributed by atoms with Crippen molar-refractivity contribution in [3.63, 3.8) is 0 Å². The first-order chi connectivity index (χ1) is 12.0. The third-order valence-electron chi connectivity index (χ3n) is 4.83. The smallest absolute Gasteiger partial charge is 0.269 e. The van der Waals surface area contributed by atoms with Crippen molar-refractivity contribution >= 4 is 11.4 Å². The summed E-state index contributed by atoms with van der Waals surface area (Å²) in [6.45, 7) is 4.03. The zero-order valence-electron chi connectivity index (χ0n) is 14.9. The minimum atomic E-state index is -0.383. The fourth-order valence-electron chi connectivity index (χ4n) is 3.54. The second-order valence-electron chi connectivity index (χ2n) is 7.08. The fraction of sp³-hybridized carbons (Fsp3) is 0.647. The number of benzene rings is 1. The Morgan fingerprint density at radius 3 is 2.48 bits per heavy atom. The number of non-ortho nitro benzene ring substituents is 1. The molecular weight excluding hydrogens is 320 g/mol. The largest absolute Gasteiger partial charge is 0.307 e. The molecule has 2 unspecified atom stereocenters. The summed E-state index contributed by atoms with van der Waals surface area (Å²) in [5.74, 6) is 0. The molecule has 1 aromatic carbocycles. The number of piperidine rings is 1. The molecule has 0 amide bonds. The molecule has 1 saturated heterocycles. The fourth-order valence-corrected chi connectivity index (χ4v) is 3.54. The predicted molar refractivity (Wildman–Crippen MR) is 96.9 cm³/mol. The molecule has 2 heterocycles. The van der Waals surface area contributed by atoms with Crippen LogP contribution in [0.25, 0.3) is 0 Å². The Balaban J connectivity index is 1.73. The molecule has 2 aliphatic heterocycles. The molecule has 8 heteroatoms. The van der Waals surface area contributed by atoms with E-state index in [1.165, 1.54) is 31.4 Å². The van der Waals surface area contributed by atoms with Crippen LogP contribution in [0.1, 0.15) is 19.3 Å². The Hall–Kier alpha value is -2.06. The molecule has 2 aliphatic rings. The van der Waals surface area contributed by atoms with Crippen LogP contribution in [-0.2, 0) is 0 Å². The van der Waals surface area contributed by atoms with E-state index in [4.69, 9.17) is 0 Å². The normalized spacial score (nSPS) is 24.2. The first-order valence-electron chi connectivity index (χ1n) is 8.86. The van der Waals surface area contributed by atoms with Crippen LogP contribution in [0.5, 0.6) is 0 Å². The van der Waals surface area contributed by atoms with Crippen LogP contribution < -0.4 is 5.01 Å². The van der Waals surface area contributed by atoms with Gasteiger partial charge in [-0.1, -0.05) is 11.6 Å². The molecule has 0 N–H and O–H groups in total. The lowest BCUT2D eigenvalue weighted by Gasteiger charge is -2.32. The monoisotopic (exact) mass is 346 g/mol. The van der Waals surface area contributed by atoms with Gasteiger partial charge in [0.25, 0.3) is 5.69 Å². The number of hydrogen-bond acceptors (Lipinski definition) is 7. The summed E-state index contributed by atoms with van der Waals surface area (Å²) in [5, 5.41) is 21.7. The minimum absolute atomic E-state index is 0.0916. The molecule has 0 aromatic heterocycles. The molecule has 25 heavy (non-hydrogen) atoms. The van der Waals surface area contributed by atoms with Crippen LogP contribution in [0.3, 0.4) is 0 Å². The number of nitro benzene ring substituents is 1. The van der Waals surface area contributed by atoms with Gasteiger partial charge in [0, 0.05) is 25.2 Å². The summed E-state index contributed by atoms with van der Waals surface area (Å²) < 4.78 is 0. The maximum absolute atomic E-state index is 10.9. The Bertz CT molecular complexity index is 612. The average Bonchev–Trinajstić information content (AvgIpc) is 2.97. The van der Waals surface area contributed by atoms with Gasteiger partial charge < -0.3 is 9.80 Å². The van der Waals surface area contributed by atoms with E-state index in [0.717, 1.165) is 31.9 Å². The lowest BCUT2D eigenvalue weighted by molar-refractivity contribution is -0.384. The van der Waals surface area contributed by atoms with Crippen LogP contribution in [0.4, 0.5) is 11.4 Å². The summed E-state index contributed by atoms with van der Waals surface area (Å²) in [5.41, 5.74) is 0.941. The Labute approximate surface area is 148 Å². The van der Waals surface area contributed by atoms with Gasteiger partial charge in [-0.2, -0.15) is 5.11 Å². The molecule has 0 aliphatic carbocycles. The number of nitrogens with zero attached hydrogens (tertiary/aromatic N) is 6. The molecule has 0 bridgehead atoms. The summed E-state index contributed by atoms with van der Waals surface area (Å²) in [6.07, 6.45) is 3.83. The number of nitro groups is 1. The van der Waals surface area contributed by atoms with Gasteiger partial charge in [-0.05, 0) is 52.2 Å². The van der Waals surface area contributed by atoms with E-state index in [9.17, 15) is 10.1 Å². The zero-order valence-corrected chi connectivity index (χ0v) is 14.9. The molecule has 0 spiro atoms. The molecule has 1 fully saturated rings. The Kier molecular flexibility index (Phi) is 5.60. The number of anilines is 1. The van der Waals surface area contributed by atoms with Gasteiger partial charge in [-0.15, -0.1) is 0 Å². The van der Waals surface area contributed by atoms with Crippen molar-refractivity contribution in [2.45, 2.75) is 31.3 Å². The number of likely N-dealkylation sites (tertiary alicyclic amines) is 1. The van der Waals surface area contributed by atoms with Crippen LogP contribution in [0.2, 0.25) is 0 Å². The molecule has 0 radical (unpaired) electrons. The highest BCUT2D eigenvalue weighted by atomic mass is 16.6. The molecular formula is C17H26N6O2. The minimum Gasteiger partial charge on any atom is -0.307 e. The second-order valence-corrected chi connectivity index (χ2v) is 7.08. The average molecular weight is 346 g/mol. The highest BCUT2D eigenvalue weighted by molar-refractivity contribution is 5.51. The molecule has 1 aromatic rings. The molecule has 3 rings (SSSR count). The van der Waals surface area contributed by atoms with Gasteiger partial charge >= 0.3 is 0 Å². The van der Waals surface area contributed by atoms with E-state index in [1.54, 1.807) is 12.1 Å². The van der Waals surface area contributed by atoms with E-state index in [2.05, 4.69) is 20.1 Å². The highest BCUT2D eigenvalue weighted by Crippen LogP contribution is 2.28. The van der Waals surface area contributed by atoms with Gasteiger partial charge in [-0.3, -0.25) is 10.1 Å². The van der Waals surface area contributed by atoms with E-state index in [-0.39, 0.29) is 22.7 Å². The van der Waals surface area contributed by atoms with Crippen molar-refractivity contribution < 1.29 is 4.92 Å². The van der Waals surface area contributed by atoms with Crippen LogP contribution >= 0.6 is 0 Å². The maximum Gasteiger partial charge on any atom is 0.269 e. The van der Waals surface area contributed by atoms with E-state index in [1.807, 2.05) is 19.1 Å². The SMILES string of the molecule is CN(C)CC1C(CN2CCCCC2)N=NN1c1ccc([N+](=O)[O-])cc1. The number of rotatable bonds is 6. The van der Waals surface area contributed by atoms with E-state index < -0.39 is 0 Å². The lowest BCUT2D eigenvalue weighted by atomic mass is 10.0. The van der Waals surface area contributed by atoms with Crippen LogP contribution in [0.15, 0.2) is 34.6 Å². The highest BCUT2D eigenvalue weighted by Gasteiger charge is 2.35. The first-order valence-corrected chi connectivity index (χ1v) is 8.86. The summed E-state index contributed by atoms with van der Waals surface area (Å²) >= 11 is 0. The summed E-state index contributed by atoms with van der Waals surface area (Å²) in [6, 6.07) is 6.81. The number of likely N-dealkylation sites (N-methyl/N-ethyl adjacent to an activating group) is 1. The van der Waals surface area contributed by atoms with Gasteiger partial charge in [0.1, 0.15) is 6.04 Å². The molecule has 8 nitrogen and oxygen atoms in total. The van der Waals surface area contributed by atoms with Crippen LogP contribution in [-0.4, -0.2) is 67.1 Å². The van der Waals surface area contributed by atoms with Crippen molar-refractivity contribution in [1.29, 1.82) is 0 Å². The second kappa shape index (κ2) is 7.88. The van der Waals surface area contributed by atoms with Gasteiger partial charge in [0.05, 0.1) is 16.7 Å². The zero-order chi connectivity index (χ0) is 17.8. The van der Waals surface area contributed by atoms with E-state index in [0.29, 0.717) is 0 Å². The van der Waals surface area contributed by atoms with E-state index >= 15 is 0 Å². The van der Waals surface area contributed by atoms with Gasteiger partial charge in [0.15, 0.2) is 0 Å². The van der Waals surface area contributed by atoms with Gasteiger partial charge in [0.2, 0.25) is 0 Å². The van der Waals surface area contributed by atoms with Crippen molar-refractivity contribution in [3.8, 4) is 0 Å². The molecule has 136 valence electrons. The standard InChI is InChI=1S/C17H26N6O2/c1-20(2)13-17-16(12-21-10-4-3-5-11-21)18-19-22(17)14-6-8-15(9-7-14)23(24)25/h6-9,16-17H,3-5,10-13H2,1-2H3. The third kappa shape index (κ3) is 4.32. The summed E-state index contributed by atoms with van der Waals surface area (Å²) in [7, 11) is 4.09. The molecule has 2 atom stereocenters. The third-order valence-corrected chi connectivity index (χ3v) is 4.83. The first kappa shape index (κ1) is 17.8. The van der Waals surface area contributed by atoms with Crippen molar-refractivity contribution in [1.82, 2.24) is 9.80 Å². The Morgan fingerprint density at radius 2 is 1.88 bits per heavy atom. The summed E-state index contributed by atoms with van der Waals surface area (Å²) in [4.78, 5) is 15.1. The van der Waals surface area contributed by atoms with Crippen molar-refractivity contribution in [2.75, 3.05) is 45.3 Å². The predicted octanol–water partition coefficient (Wildman–Crippen LogP) is 2.57. The van der Waals surface area contributed by atoms with Gasteiger partial charge in [-0.25, -0.2) is 5.01 Å². The van der Waals surface area contributed by atoms with Crippen molar-refractivity contribution in [3.05, 3.63) is 34.4 Å². The molecule has 0 saturated carbocycles. The van der Waals surface area contributed by atoms with Crippen LogP contribution in [0, 0.1) is 10.1 Å². The Morgan fingerprint density at radius 1 is 1.20 bits per heavy atom. The maximum atomic E-state index is 10.9. The topological polar surface area (TPSA) is 77.6 Å². The number of hydrogen-bond donors (Lipinski definition) is 0. The van der Waals surface area contributed by atoms with Crippen molar-refractivity contribution in [2.24, 2.45) is 10.3 Å².